The van der Waals surface area contributed by atoms with Crippen molar-refractivity contribution in [3.63, 3.8) is 0 Å². The first-order valence-electron chi connectivity index (χ1n) is 9.91. The fourth-order valence-electron chi connectivity index (χ4n) is 3.88. The molecule has 3 heterocycles. The van der Waals surface area contributed by atoms with Crippen molar-refractivity contribution >= 4 is 33.1 Å². The van der Waals surface area contributed by atoms with Gasteiger partial charge >= 0.3 is 6.18 Å². The summed E-state index contributed by atoms with van der Waals surface area (Å²) in [5.74, 6) is 0. The molecule has 162 valence electrons. The van der Waals surface area contributed by atoms with E-state index in [1.54, 1.807) is 0 Å². The number of hydrogen-bond acceptors (Lipinski definition) is 4. The van der Waals surface area contributed by atoms with Crippen LogP contribution < -0.4 is 5.56 Å². The first-order chi connectivity index (χ1) is 15.3. The Balaban J connectivity index is 1.42. The summed E-state index contributed by atoms with van der Waals surface area (Å²) in [4.78, 5) is 19.0. The molecule has 9 heteroatoms. The fourth-order valence-corrected chi connectivity index (χ4v) is 4.68. The second-order valence-electron chi connectivity index (χ2n) is 7.52. The predicted molar refractivity (Wildman–Crippen MR) is 119 cm³/mol. The van der Waals surface area contributed by atoms with Crippen molar-refractivity contribution in [2.75, 3.05) is 0 Å². The lowest BCUT2D eigenvalue weighted by atomic mass is 10.1. The number of rotatable bonds is 4. The standard InChI is InChI=1S/C23H17F3N4OS/c1-13-21-17(23(24,25)26)11-19(31)28-22(21)30(29-13)9-8-20-27-18(12-32-20)16-7-6-14-4-2-3-5-15(14)10-16/h2-7,10-12H,8-9H2,1H3,(H,28,31). The number of H-pyrrole nitrogens is 1. The van der Waals surface area contributed by atoms with Gasteiger partial charge < -0.3 is 4.98 Å². The number of hydrogen-bond donors (Lipinski definition) is 1. The Morgan fingerprint density at radius 1 is 1.09 bits per heavy atom. The maximum absolute atomic E-state index is 13.4. The van der Waals surface area contributed by atoms with Crippen molar-refractivity contribution in [1.29, 1.82) is 0 Å². The lowest BCUT2D eigenvalue weighted by molar-refractivity contribution is -0.136. The van der Waals surface area contributed by atoms with Crippen LogP contribution in [0.15, 0.2) is 58.7 Å². The topological polar surface area (TPSA) is 63.6 Å². The van der Waals surface area contributed by atoms with Gasteiger partial charge in [0.15, 0.2) is 0 Å². The van der Waals surface area contributed by atoms with Crippen LogP contribution in [0.5, 0.6) is 0 Å². The first-order valence-corrected chi connectivity index (χ1v) is 10.8. The lowest BCUT2D eigenvalue weighted by Gasteiger charge is -2.08. The van der Waals surface area contributed by atoms with Crippen molar-refractivity contribution in [2.45, 2.75) is 26.1 Å². The van der Waals surface area contributed by atoms with Crippen LogP contribution in [-0.4, -0.2) is 19.7 Å². The summed E-state index contributed by atoms with van der Waals surface area (Å²) >= 11 is 1.49. The van der Waals surface area contributed by atoms with Crippen LogP contribution in [0.3, 0.4) is 0 Å². The normalized spacial score (nSPS) is 12.1. The molecular formula is C23H17F3N4OS. The smallest absolute Gasteiger partial charge is 0.307 e. The van der Waals surface area contributed by atoms with E-state index in [9.17, 15) is 18.0 Å². The zero-order valence-corrected chi connectivity index (χ0v) is 17.7. The van der Waals surface area contributed by atoms with E-state index in [1.165, 1.54) is 22.9 Å². The van der Waals surface area contributed by atoms with Crippen LogP contribution in [0.2, 0.25) is 0 Å². The van der Waals surface area contributed by atoms with Crippen molar-refractivity contribution < 1.29 is 13.2 Å². The quantitative estimate of drug-likeness (QED) is 0.386. The number of nitrogens with zero attached hydrogens (tertiary/aromatic N) is 3. The zero-order valence-electron chi connectivity index (χ0n) is 16.9. The number of halogens is 3. The molecule has 0 saturated carbocycles. The number of alkyl halides is 3. The summed E-state index contributed by atoms with van der Waals surface area (Å²) in [6, 6.07) is 14.8. The average Bonchev–Trinajstić information content (AvgIpc) is 3.35. The summed E-state index contributed by atoms with van der Waals surface area (Å²) < 4.78 is 41.6. The van der Waals surface area contributed by atoms with E-state index in [4.69, 9.17) is 0 Å². The summed E-state index contributed by atoms with van der Waals surface area (Å²) in [6.07, 6.45) is -4.15. The summed E-state index contributed by atoms with van der Waals surface area (Å²) in [7, 11) is 0. The number of fused-ring (bicyclic) bond motifs is 2. The third-order valence-electron chi connectivity index (χ3n) is 5.35. The maximum Gasteiger partial charge on any atom is 0.417 e. The molecular weight excluding hydrogens is 437 g/mol. The highest BCUT2D eigenvalue weighted by atomic mass is 32.1. The Labute approximate surface area is 184 Å². The maximum atomic E-state index is 13.4. The molecule has 0 aliphatic carbocycles. The van der Waals surface area contributed by atoms with Gasteiger partial charge in [-0.2, -0.15) is 18.3 Å². The molecule has 32 heavy (non-hydrogen) atoms. The molecule has 0 aliphatic heterocycles. The van der Waals surface area contributed by atoms with E-state index in [1.807, 2.05) is 29.6 Å². The second kappa shape index (κ2) is 7.59. The lowest BCUT2D eigenvalue weighted by Crippen LogP contribution is -2.15. The molecule has 0 spiro atoms. The minimum absolute atomic E-state index is 0.0758. The number of benzene rings is 2. The molecule has 0 unspecified atom stereocenters. The zero-order chi connectivity index (χ0) is 22.5. The van der Waals surface area contributed by atoms with E-state index < -0.39 is 17.3 Å². The van der Waals surface area contributed by atoms with Gasteiger partial charge in [-0.05, 0) is 23.8 Å². The Hall–Kier alpha value is -3.46. The molecule has 0 amide bonds. The Bertz CT molecular complexity index is 1510. The first kappa shape index (κ1) is 20.4. The van der Waals surface area contributed by atoms with Gasteiger partial charge in [-0.1, -0.05) is 36.4 Å². The highest BCUT2D eigenvalue weighted by Gasteiger charge is 2.35. The van der Waals surface area contributed by atoms with Crippen molar-refractivity contribution in [3.8, 4) is 11.3 Å². The molecule has 0 radical (unpaired) electrons. The molecule has 0 atom stereocenters. The van der Waals surface area contributed by atoms with E-state index in [0.29, 0.717) is 19.0 Å². The molecule has 1 N–H and O–H groups in total. The van der Waals surface area contributed by atoms with Crippen LogP contribution in [0.4, 0.5) is 13.2 Å². The molecule has 3 aromatic heterocycles. The van der Waals surface area contributed by atoms with E-state index in [-0.39, 0.29) is 16.7 Å². The number of pyridine rings is 1. The third-order valence-corrected chi connectivity index (χ3v) is 6.26. The molecule has 0 fully saturated rings. The third kappa shape index (κ3) is 3.69. The van der Waals surface area contributed by atoms with Crippen LogP contribution in [0, 0.1) is 6.92 Å². The van der Waals surface area contributed by atoms with Crippen LogP contribution in [-0.2, 0) is 19.1 Å². The van der Waals surface area contributed by atoms with E-state index in [2.05, 4.69) is 33.3 Å². The summed E-state index contributed by atoms with van der Waals surface area (Å²) in [5.41, 5.74) is 0.385. The number of thiazole rings is 1. The molecule has 2 aromatic carbocycles. The Kier molecular flexibility index (Phi) is 4.85. The summed E-state index contributed by atoms with van der Waals surface area (Å²) in [5, 5.41) is 9.25. The SMILES string of the molecule is Cc1nn(CCc2nc(-c3ccc4ccccc4c3)cs2)c2[nH]c(=O)cc(C(F)(F)F)c12. The van der Waals surface area contributed by atoms with Gasteiger partial charge in [-0.15, -0.1) is 11.3 Å². The largest absolute Gasteiger partial charge is 0.417 e. The van der Waals surface area contributed by atoms with E-state index >= 15 is 0 Å². The Morgan fingerprint density at radius 2 is 1.88 bits per heavy atom. The minimum atomic E-state index is -4.63. The van der Waals surface area contributed by atoms with E-state index in [0.717, 1.165) is 27.0 Å². The number of aromatic nitrogens is 4. The number of aryl methyl sites for hydroxylation is 3. The van der Waals surface area contributed by atoms with Gasteiger partial charge in [0.25, 0.3) is 0 Å². The van der Waals surface area contributed by atoms with Gasteiger partial charge in [0, 0.05) is 30.0 Å². The molecule has 0 aliphatic rings. The molecule has 0 bridgehead atoms. The molecule has 5 nitrogen and oxygen atoms in total. The van der Waals surface area contributed by atoms with Gasteiger partial charge in [0.05, 0.1) is 27.3 Å². The highest BCUT2D eigenvalue weighted by Crippen LogP contribution is 2.34. The van der Waals surface area contributed by atoms with Crippen molar-refractivity contribution in [2.24, 2.45) is 0 Å². The van der Waals surface area contributed by atoms with Crippen molar-refractivity contribution in [1.82, 2.24) is 19.7 Å². The monoisotopic (exact) mass is 454 g/mol. The summed E-state index contributed by atoms with van der Waals surface area (Å²) in [6.45, 7) is 1.81. The highest BCUT2D eigenvalue weighted by molar-refractivity contribution is 7.09. The Morgan fingerprint density at radius 3 is 2.66 bits per heavy atom. The van der Waals surface area contributed by atoms with Crippen LogP contribution in [0.1, 0.15) is 16.3 Å². The molecule has 5 rings (SSSR count). The van der Waals surface area contributed by atoms with Crippen LogP contribution >= 0.6 is 11.3 Å². The average molecular weight is 454 g/mol. The van der Waals surface area contributed by atoms with Gasteiger partial charge in [-0.3, -0.25) is 4.79 Å². The molecule has 0 saturated heterocycles. The van der Waals surface area contributed by atoms with Crippen molar-refractivity contribution in [3.05, 3.63) is 80.5 Å². The second-order valence-corrected chi connectivity index (χ2v) is 8.46. The fraction of sp³-hybridized carbons (Fsp3) is 0.174. The predicted octanol–water partition coefficient (Wildman–Crippen LogP) is 5.57. The van der Waals surface area contributed by atoms with Crippen LogP contribution in [0.25, 0.3) is 33.1 Å². The number of aromatic amines is 1. The minimum Gasteiger partial charge on any atom is -0.307 e. The number of nitrogens with one attached hydrogen (secondary N) is 1. The van der Waals surface area contributed by atoms with Gasteiger partial charge in [-0.25, -0.2) is 9.67 Å². The van der Waals surface area contributed by atoms with Gasteiger partial charge in [0.1, 0.15) is 5.65 Å². The van der Waals surface area contributed by atoms with Gasteiger partial charge in [0.2, 0.25) is 5.56 Å². The molecule has 5 aromatic rings.